The van der Waals surface area contributed by atoms with E-state index in [1.165, 1.54) is 25.0 Å². The molecule has 2 rings (SSSR count). The van der Waals surface area contributed by atoms with Gasteiger partial charge in [-0.25, -0.2) is 4.39 Å². The fourth-order valence-corrected chi connectivity index (χ4v) is 2.30. The summed E-state index contributed by atoms with van der Waals surface area (Å²) in [5.41, 5.74) is 1.16. The average molecular weight is 311 g/mol. The molecule has 21 heavy (non-hydrogen) atoms. The third-order valence-electron chi connectivity index (χ3n) is 3.22. The smallest absolute Gasteiger partial charge is 0.144 e. The molecule has 1 saturated carbocycles. The molecule has 0 unspecified atom stereocenters. The van der Waals surface area contributed by atoms with Crippen LogP contribution in [0.5, 0.6) is 5.75 Å². The summed E-state index contributed by atoms with van der Waals surface area (Å²) in [6, 6.07) is 4.52. The predicted octanol–water partition coefficient (Wildman–Crippen LogP) is 3.89. The highest BCUT2D eigenvalue weighted by molar-refractivity contribution is 7.91. The molecule has 1 aliphatic rings. The van der Waals surface area contributed by atoms with Gasteiger partial charge in [0.2, 0.25) is 0 Å². The van der Waals surface area contributed by atoms with Gasteiger partial charge in [0.1, 0.15) is 27.7 Å². The highest BCUT2D eigenvalue weighted by Gasteiger charge is 2.27. The molecule has 5 heteroatoms. The Morgan fingerprint density at radius 3 is 2.62 bits per heavy atom. The molecule has 0 aromatic heterocycles. The van der Waals surface area contributed by atoms with E-state index in [-0.39, 0.29) is 5.82 Å². The Labute approximate surface area is 128 Å². The van der Waals surface area contributed by atoms with E-state index < -0.39 is 16.1 Å². The first kappa shape index (κ1) is 16.3. The number of nitrogens with zero attached hydrogens (tertiary/aromatic N) is 1. The van der Waals surface area contributed by atoms with Crippen LogP contribution in [-0.2, 0) is 11.4 Å². The number of halogens is 1. The molecule has 0 N–H and O–H groups in total. The predicted molar refractivity (Wildman–Crippen MR) is 84.7 cm³/mol. The molecule has 0 bridgehead atoms. The number of benzene rings is 1. The van der Waals surface area contributed by atoms with Gasteiger partial charge in [0.05, 0.1) is 12.3 Å². The molecule has 1 aliphatic carbocycles. The molecule has 116 valence electrons. The van der Waals surface area contributed by atoms with Crippen LogP contribution in [0.4, 0.5) is 4.39 Å². The third-order valence-corrected chi connectivity index (χ3v) is 4.70. The topological polar surface area (TPSA) is 44.7 Å². The molecule has 0 heterocycles. The summed E-state index contributed by atoms with van der Waals surface area (Å²) >= 11 is -1.36. The first-order valence-corrected chi connectivity index (χ1v) is 8.27. The molecule has 0 aliphatic heterocycles. The van der Waals surface area contributed by atoms with Crippen molar-refractivity contribution in [3.63, 3.8) is 0 Å². The van der Waals surface area contributed by atoms with Gasteiger partial charge in [-0.3, -0.25) is 0 Å². The molecule has 1 fully saturated rings. The quantitative estimate of drug-likeness (QED) is 0.612. The molecule has 3 nitrogen and oxygen atoms in total. The van der Waals surface area contributed by atoms with Gasteiger partial charge in [0, 0.05) is 11.6 Å². The van der Waals surface area contributed by atoms with Gasteiger partial charge >= 0.3 is 0 Å². The zero-order valence-corrected chi connectivity index (χ0v) is 13.8. The molecule has 0 spiro atoms. The van der Waals surface area contributed by atoms with Gasteiger partial charge in [-0.1, -0.05) is 4.40 Å². The van der Waals surface area contributed by atoms with Crippen LogP contribution >= 0.6 is 0 Å². The zero-order chi connectivity index (χ0) is 15.6. The van der Waals surface area contributed by atoms with Crippen LogP contribution in [-0.4, -0.2) is 21.6 Å². The lowest BCUT2D eigenvalue weighted by molar-refractivity contribution is 0.298. The van der Waals surface area contributed by atoms with Crippen molar-refractivity contribution in [1.82, 2.24) is 0 Å². The lowest BCUT2D eigenvalue weighted by Gasteiger charge is -2.18. The lowest BCUT2D eigenvalue weighted by atomic mass is 10.1. The molecule has 1 aromatic carbocycles. The van der Waals surface area contributed by atoms with E-state index in [0.29, 0.717) is 29.5 Å². The second-order valence-electron chi connectivity index (χ2n) is 6.47. The molecular weight excluding hydrogens is 289 g/mol. The van der Waals surface area contributed by atoms with E-state index >= 15 is 0 Å². The second kappa shape index (κ2) is 6.36. The first-order chi connectivity index (χ1) is 9.75. The van der Waals surface area contributed by atoms with Gasteiger partial charge in [-0.05, 0) is 58.6 Å². The zero-order valence-electron chi connectivity index (χ0n) is 13.0. The maximum Gasteiger partial charge on any atom is 0.144 e. The Morgan fingerprint density at radius 2 is 2.05 bits per heavy atom. The molecule has 1 aromatic rings. The summed E-state index contributed by atoms with van der Waals surface area (Å²) in [6.07, 6.45) is 2.38. The van der Waals surface area contributed by atoms with E-state index in [2.05, 4.69) is 4.40 Å². The summed E-state index contributed by atoms with van der Waals surface area (Å²) in [6.45, 7) is 7.94. The minimum absolute atomic E-state index is 0.366. The third kappa shape index (κ3) is 5.00. The van der Waals surface area contributed by atoms with Crippen molar-refractivity contribution in [3.05, 3.63) is 29.6 Å². The van der Waals surface area contributed by atoms with Crippen molar-refractivity contribution in [1.29, 1.82) is 0 Å². The fourth-order valence-electron chi connectivity index (χ4n) is 1.67. The lowest BCUT2D eigenvalue weighted by Crippen LogP contribution is -2.26. The number of hydrogen-bond acceptors (Lipinski definition) is 3. The number of ether oxygens (including phenoxy) is 1. The highest BCUT2D eigenvalue weighted by Crippen LogP contribution is 2.30. The molecular formula is C16H22FNO2S. The van der Waals surface area contributed by atoms with Gasteiger partial charge < -0.3 is 9.29 Å². The maximum atomic E-state index is 13.7. The fraction of sp³-hybridized carbons (Fsp3) is 0.562. The SMILES string of the molecule is CC(=N[S@@+]([O-])C(C)(C)C)c1cc(F)cc(OCC2CC2)c1. The van der Waals surface area contributed by atoms with E-state index in [9.17, 15) is 8.94 Å². The van der Waals surface area contributed by atoms with Crippen molar-refractivity contribution >= 4 is 17.1 Å². The van der Waals surface area contributed by atoms with Gasteiger partial charge in [-0.15, -0.1) is 0 Å². The maximum absolute atomic E-state index is 13.7. The average Bonchev–Trinajstić information content (AvgIpc) is 3.18. The van der Waals surface area contributed by atoms with Gasteiger partial charge in [0.15, 0.2) is 0 Å². The first-order valence-electron chi connectivity index (χ1n) is 7.17. The summed E-state index contributed by atoms with van der Waals surface area (Å²) in [4.78, 5) is 0. The largest absolute Gasteiger partial charge is 0.591 e. The van der Waals surface area contributed by atoms with E-state index in [4.69, 9.17) is 4.74 Å². The van der Waals surface area contributed by atoms with Crippen LogP contribution in [0.25, 0.3) is 0 Å². The molecule has 0 radical (unpaired) electrons. The minimum atomic E-state index is -1.36. The minimum Gasteiger partial charge on any atom is -0.591 e. The van der Waals surface area contributed by atoms with Gasteiger partial charge in [0.25, 0.3) is 0 Å². The summed E-state index contributed by atoms with van der Waals surface area (Å²) in [5.74, 6) is 0.752. The van der Waals surface area contributed by atoms with Crippen molar-refractivity contribution in [2.45, 2.75) is 45.3 Å². The Hall–Kier alpha value is -1.07. The van der Waals surface area contributed by atoms with Crippen LogP contribution in [0.1, 0.15) is 46.1 Å². The summed E-state index contributed by atoms with van der Waals surface area (Å²) in [7, 11) is 0. The van der Waals surface area contributed by atoms with Crippen LogP contribution in [0, 0.1) is 11.7 Å². The molecule has 0 saturated heterocycles. The van der Waals surface area contributed by atoms with Crippen LogP contribution < -0.4 is 4.74 Å². The van der Waals surface area contributed by atoms with Crippen molar-refractivity contribution in [2.75, 3.05) is 6.61 Å². The summed E-state index contributed by atoms with van der Waals surface area (Å²) < 4.78 is 35.1. The van der Waals surface area contributed by atoms with Crippen molar-refractivity contribution < 1.29 is 13.7 Å². The van der Waals surface area contributed by atoms with E-state index in [1.807, 2.05) is 20.8 Å². The Kier molecular flexibility index (Phi) is 4.94. The van der Waals surface area contributed by atoms with Crippen LogP contribution in [0.3, 0.4) is 0 Å². The van der Waals surface area contributed by atoms with Crippen LogP contribution in [0.2, 0.25) is 0 Å². The Bertz CT molecular complexity index is 536. The summed E-state index contributed by atoms with van der Waals surface area (Å²) in [5, 5.41) is 0. The van der Waals surface area contributed by atoms with Crippen molar-refractivity contribution in [3.8, 4) is 5.75 Å². The normalized spacial score (nSPS) is 17.7. The van der Waals surface area contributed by atoms with Crippen molar-refractivity contribution in [2.24, 2.45) is 10.3 Å². The highest BCUT2D eigenvalue weighted by atomic mass is 32.2. The standard InChI is InChI=1S/C16H22FNO2S/c1-11(18-21(19)16(2,3)4)13-7-14(17)9-15(8-13)20-10-12-5-6-12/h7-9,12H,5-6,10H2,1-4H3/t21-/m0/s1. The Morgan fingerprint density at radius 1 is 1.38 bits per heavy atom. The van der Waals surface area contributed by atoms with Gasteiger partial charge in [-0.2, -0.15) is 0 Å². The monoisotopic (exact) mass is 311 g/mol. The molecule has 0 amide bonds. The molecule has 1 atom stereocenters. The van der Waals surface area contributed by atoms with E-state index in [0.717, 1.165) is 0 Å². The van der Waals surface area contributed by atoms with Crippen LogP contribution in [0.15, 0.2) is 22.6 Å². The van der Waals surface area contributed by atoms with E-state index in [1.54, 1.807) is 13.0 Å². The Balaban J connectivity index is 2.15. The number of rotatable bonds is 5. The second-order valence-corrected chi connectivity index (χ2v) is 8.37. The number of hydrogen-bond donors (Lipinski definition) is 0.